The van der Waals surface area contributed by atoms with Gasteiger partial charge in [0.05, 0.1) is 6.26 Å². The molecule has 0 amide bonds. The van der Waals surface area contributed by atoms with Gasteiger partial charge in [0.2, 0.25) is 0 Å². The Morgan fingerprint density at radius 2 is 0.712 bits per heavy atom. The van der Waals surface area contributed by atoms with Gasteiger partial charge in [-0.25, -0.2) is 5.48 Å². The third-order valence-electron chi connectivity index (χ3n) is 10.6. The molecule has 3 N–H and O–H groups in total. The van der Waals surface area contributed by atoms with Crippen LogP contribution in [0, 0.1) is 5.92 Å². The predicted octanol–water partition coefficient (Wildman–Crippen LogP) is 15.5. The number of aldehydes is 1. The maximum atomic E-state index is 9.04. The van der Waals surface area contributed by atoms with Crippen molar-refractivity contribution in [3.8, 4) is 0 Å². The standard InChI is InChI=1S/C43H90N2O.2C2H4O/c1-4-7-10-13-16-17-18-19-20-21-22-23-28-33-40-45(42-35-39-44-46)41-34-29-24-27-32-38-43(36-30-25-14-11-8-5-2)37-31-26-15-12-9-6-3;2*1-2-3/h43-44,46H,4-42H2,1-3H3;2H,1H3;2-3H,1H2. The van der Waals surface area contributed by atoms with E-state index in [-0.39, 0.29) is 0 Å². The van der Waals surface area contributed by atoms with Crippen LogP contribution in [0.5, 0.6) is 0 Å². The second-order valence-electron chi connectivity index (χ2n) is 15.7. The van der Waals surface area contributed by atoms with Crippen LogP contribution in [0.4, 0.5) is 0 Å². The number of rotatable bonds is 41. The van der Waals surface area contributed by atoms with Gasteiger partial charge in [0.15, 0.2) is 0 Å². The SMILES string of the molecule is C=CO.CC=O.CCCCCCCCCCCCCCCCN(CCCCCCCC(CCCCCCCC)CCCCCCCC)CCCNO. The fraction of sp³-hybridized carbons (Fsp3) is 0.936. The minimum absolute atomic E-state index is 0.716. The van der Waals surface area contributed by atoms with Gasteiger partial charge in [-0.3, -0.25) is 0 Å². The van der Waals surface area contributed by atoms with Crippen LogP contribution in [-0.2, 0) is 4.79 Å². The van der Waals surface area contributed by atoms with E-state index in [9.17, 15) is 0 Å². The van der Waals surface area contributed by atoms with E-state index in [1.165, 1.54) is 238 Å². The van der Waals surface area contributed by atoms with Gasteiger partial charge in [-0.1, -0.05) is 233 Å². The average molecular weight is 739 g/mol. The lowest BCUT2D eigenvalue weighted by atomic mass is 9.89. The van der Waals surface area contributed by atoms with Gasteiger partial charge >= 0.3 is 0 Å². The fourth-order valence-electron chi connectivity index (χ4n) is 7.41. The Balaban J connectivity index is -0.00000371. The number of nitrogens with one attached hydrogen (secondary N) is 1. The highest BCUT2D eigenvalue weighted by Crippen LogP contribution is 2.25. The largest absolute Gasteiger partial charge is 0.516 e. The van der Waals surface area contributed by atoms with Crippen molar-refractivity contribution in [2.75, 3.05) is 26.2 Å². The van der Waals surface area contributed by atoms with E-state index in [1.54, 1.807) is 0 Å². The molecule has 5 heteroatoms. The summed E-state index contributed by atoms with van der Waals surface area (Å²) in [5.41, 5.74) is 2.36. The zero-order chi connectivity index (χ0) is 38.9. The van der Waals surface area contributed by atoms with Crippen LogP contribution in [-0.4, -0.2) is 47.7 Å². The molecule has 0 spiro atoms. The molecule has 0 aromatic heterocycles. The smallest absolute Gasteiger partial charge is 0.116 e. The first-order valence-corrected chi connectivity index (χ1v) is 23.4. The number of carbonyl (C=O) groups excluding carboxylic acids is 1. The summed E-state index contributed by atoms with van der Waals surface area (Å²) in [5.74, 6) is 0.998. The molecule has 0 aromatic rings. The molecule has 0 heterocycles. The van der Waals surface area contributed by atoms with E-state index >= 15 is 0 Å². The lowest BCUT2D eigenvalue weighted by Crippen LogP contribution is -2.29. The number of hydrogen-bond acceptors (Lipinski definition) is 5. The second-order valence-corrected chi connectivity index (χ2v) is 15.7. The van der Waals surface area contributed by atoms with Gasteiger partial charge in [-0.05, 0) is 51.7 Å². The minimum Gasteiger partial charge on any atom is -0.516 e. The molecule has 0 aliphatic carbocycles. The van der Waals surface area contributed by atoms with Gasteiger partial charge in [0.1, 0.15) is 6.29 Å². The maximum Gasteiger partial charge on any atom is 0.116 e. The van der Waals surface area contributed by atoms with Crippen LogP contribution in [0.1, 0.15) is 252 Å². The lowest BCUT2D eigenvalue weighted by Gasteiger charge is -2.22. The van der Waals surface area contributed by atoms with Crippen molar-refractivity contribution >= 4 is 6.29 Å². The molecular formula is C47H98N2O3. The van der Waals surface area contributed by atoms with Gasteiger partial charge in [-0.2, -0.15) is 0 Å². The first kappa shape index (κ1) is 55.4. The van der Waals surface area contributed by atoms with Crippen molar-refractivity contribution in [1.29, 1.82) is 0 Å². The molecule has 0 aliphatic rings. The molecular weight excluding hydrogens is 641 g/mol. The van der Waals surface area contributed by atoms with Crippen molar-refractivity contribution in [2.45, 2.75) is 252 Å². The van der Waals surface area contributed by atoms with Crippen LogP contribution in [0.15, 0.2) is 12.8 Å². The third kappa shape index (κ3) is 53.4. The van der Waals surface area contributed by atoms with E-state index in [1.807, 2.05) is 0 Å². The second kappa shape index (κ2) is 54.4. The Labute approximate surface area is 328 Å². The first-order chi connectivity index (χ1) is 25.6. The molecule has 0 rings (SSSR count). The molecule has 5 nitrogen and oxygen atoms in total. The summed E-state index contributed by atoms with van der Waals surface area (Å²) in [6, 6.07) is 0. The number of hydrogen-bond donors (Lipinski definition) is 3. The zero-order valence-electron chi connectivity index (χ0n) is 36.3. The minimum atomic E-state index is 0.716. The van der Waals surface area contributed by atoms with Crippen LogP contribution in [0.2, 0.25) is 0 Å². The Morgan fingerprint density at radius 1 is 0.481 bits per heavy atom. The number of hydroxylamine groups is 1. The quantitative estimate of drug-likeness (QED) is 0.0252. The van der Waals surface area contributed by atoms with Crippen LogP contribution < -0.4 is 5.48 Å². The molecule has 314 valence electrons. The van der Waals surface area contributed by atoms with Crippen molar-refractivity contribution in [1.82, 2.24) is 10.4 Å². The van der Waals surface area contributed by atoms with Crippen molar-refractivity contribution in [3.05, 3.63) is 12.8 Å². The van der Waals surface area contributed by atoms with Crippen molar-refractivity contribution < 1.29 is 15.1 Å². The van der Waals surface area contributed by atoms with Gasteiger partial charge in [-0.15, -0.1) is 0 Å². The number of aliphatic hydroxyl groups excluding tert-OH is 1. The Morgan fingerprint density at radius 3 is 0.981 bits per heavy atom. The highest BCUT2D eigenvalue weighted by Gasteiger charge is 2.09. The van der Waals surface area contributed by atoms with Gasteiger partial charge in [0, 0.05) is 6.54 Å². The summed E-state index contributed by atoms with van der Waals surface area (Å²) in [6.07, 6.45) is 51.4. The lowest BCUT2D eigenvalue weighted by molar-refractivity contribution is -0.106. The van der Waals surface area contributed by atoms with E-state index in [4.69, 9.17) is 15.1 Å². The summed E-state index contributed by atoms with van der Waals surface area (Å²) >= 11 is 0. The van der Waals surface area contributed by atoms with Gasteiger partial charge < -0.3 is 20.0 Å². The van der Waals surface area contributed by atoms with Crippen LogP contribution in [0.3, 0.4) is 0 Å². The normalized spacial score (nSPS) is 11.0. The summed E-state index contributed by atoms with van der Waals surface area (Å²) < 4.78 is 0. The summed E-state index contributed by atoms with van der Waals surface area (Å²) in [5, 5.41) is 16.4. The Hall–Kier alpha value is -0.910. The monoisotopic (exact) mass is 739 g/mol. The third-order valence-corrected chi connectivity index (χ3v) is 10.6. The molecule has 0 atom stereocenters. The van der Waals surface area contributed by atoms with Crippen molar-refractivity contribution in [2.24, 2.45) is 5.92 Å². The van der Waals surface area contributed by atoms with Crippen molar-refractivity contribution in [3.63, 3.8) is 0 Å². The maximum absolute atomic E-state index is 9.04. The van der Waals surface area contributed by atoms with E-state index in [2.05, 4.69) is 37.7 Å². The number of carbonyl (C=O) groups is 1. The van der Waals surface area contributed by atoms with E-state index < -0.39 is 0 Å². The summed E-state index contributed by atoms with van der Waals surface area (Å²) in [4.78, 5) is 11.5. The molecule has 0 aliphatic heterocycles. The molecule has 0 bridgehead atoms. The first-order valence-electron chi connectivity index (χ1n) is 23.4. The zero-order valence-corrected chi connectivity index (χ0v) is 36.3. The molecule has 0 saturated heterocycles. The molecule has 0 saturated carbocycles. The topological polar surface area (TPSA) is 72.8 Å². The van der Waals surface area contributed by atoms with Crippen LogP contribution in [0.25, 0.3) is 0 Å². The molecule has 0 fully saturated rings. The molecule has 52 heavy (non-hydrogen) atoms. The summed E-state index contributed by atoms with van der Waals surface area (Å²) in [7, 11) is 0. The predicted molar refractivity (Wildman–Crippen MR) is 233 cm³/mol. The van der Waals surface area contributed by atoms with E-state index in [0.29, 0.717) is 6.54 Å². The summed E-state index contributed by atoms with van der Waals surface area (Å²) in [6.45, 7) is 15.7. The number of nitrogens with zero attached hydrogens (tertiary/aromatic N) is 1. The molecule has 0 aromatic carbocycles. The van der Waals surface area contributed by atoms with Crippen LogP contribution >= 0.6 is 0 Å². The number of aliphatic hydroxyl groups is 1. The van der Waals surface area contributed by atoms with Gasteiger partial charge in [0.25, 0.3) is 0 Å². The molecule has 0 radical (unpaired) electrons. The molecule has 0 unspecified atom stereocenters. The number of unbranched alkanes of at least 4 members (excludes halogenated alkanes) is 27. The Kier molecular flexibility index (Phi) is 58.0. The fourth-order valence-corrected chi connectivity index (χ4v) is 7.41. The Bertz CT molecular complexity index is 595. The van der Waals surface area contributed by atoms with E-state index in [0.717, 1.165) is 31.4 Å². The highest BCUT2D eigenvalue weighted by molar-refractivity contribution is 5.44. The average Bonchev–Trinajstić information content (AvgIpc) is 3.14. The highest BCUT2D eigenvalue weighted by atomic mass is 16.5.